The van der Waals surface area contributed by atoms with Crippen LogP contribution in [0.3, 0.4) is 0 Å². The number of rotatable bonds is 2. The van der Waals surface area contributed by atoms with Gasteiger partial charge in [-0.3, -0.25) is 4.79 Å². The molecule has 1 aliphatic heterocycles. The Bertz CT molecular complexity index is 413. The molecule has 0 radical (unpaired) electrons. The fraction of sp³-hybridized carbons (Fsp3) is 0.533. The molecule has 98 valence electrons. The molecule has 3 nitrogen and oxygen atoms in total. The van der Waals surface area contributed by atoms with Gasteiger partial charge >= 0.3 is 0 Å². The van der Waals surface area contributed by atoms with Crippen LogP contribution in [0.2, 0.25) is 0 Å². The highest BCUT2D eigenvalue weighted by Crippen LogP contribution is 2.35. The van der Waals surface area contributed by atoms with Gasteiger partial charge in [0.15, 0.2) is 0 Å². The van der Waals surface area contributed by atoms with Crippen molar-refractivity contribution >= 4 is 5.91 Å². The van der Waals surface area contributed by atoms with Gasteiger partial charge in [-0.05, 0) is 31.2 Å². The molecular weight excluding hydrogens is 224 g/mol. The lowest BCUT2D eigenvalue weighted by Crippen LogP contribution is -2.44. The van der Waals surface area contributed by atoms with E-state index in [2.05, 4.69) is 38.1 Å². The molecule has 2 atom stereocenters. The zero-order chi connectivity index (χ0) is 13.1. The lowest BCUT2D eigenvalue weighted by Gasteiger charge is -2.40. The average Bonchev–Trinajstić information content (AvgIpc) is 2.39. The van der Waals surface area contributed by atoms with E-state index in [-0.39, 0.29) is 18.5 Å². The van der Waals surface area contributed by atoms with Crippen LogP contribution in [0.4, 0.5) is 0 Å². The smallest absolute Gasteiger partial charge is 0.236 e. The fourth-order valence-corrected chi connectivity index (χ4v) is 2.86. The first-order chi connectivity index (χ1) is 8.63. The number of benzene rings is 1. The monoisotopic (exact) mass is 246 g/mol. The van der Waals surface area contributed by atoms with E-state index in [9.17, 15) is 4.79 Å². The first-order valence-electron chi connectivity index (χ1n) is 6.69. The Kier molecular flexibility index (Phi) is 4.02. The summed E-state index contributed by atoms with van der Waals surface area (Å²) in [6, 6.07) is 8.69. The molecule has 1 saturated heterocycles. The molecule has 3 heteroatoms. The third kappa shape index (κ3) is 2.56. The number of hydrogen-bond donors (Lipinski definition) is 1. The van der Waals surface area contributed by atoms with Crippen LogP contribution in [0.1, 0.15) is 36.9 Å². The second-order valence-corrected chi connectivity index (χ2v) is 5.27. The van der Waals surface area contributed by atoms with Crippen molar-refractivity contribution in [3.63, 3.8) is 0 Å². The van der Waals surface area contributed by atoms with Crippen molar-refractivity contribution in [2.24, 2.45) is 11.7 Å². The normalized spacial score (nSPS) is 24.1. The SMILES string of the molecule is Cc1ccc([C@H]2[C@@H](C)CCCN2C(=O)CN)cc1. The highest BCUT2D eigenvalue weighted by molar-refractivity contribution is 5.78. The van der Waals surface area contributed by atoms with Crippen LogP contribution in [0.5, 0.6) is 0 Å². The Balaban J connectivity index is 2.29. The number of nitrogens with zero attached hydrogens (tertiary/aromatic N) is 1. The average molecular weight is 246 g/mol. The second kappa shape index (κ2) is 5.53. The maximum atomic E-state index is 12.0. The number of nitrogens with two attached hydrogens (primary N) is 1. The Labute approximate surface area is 109 Å². The molecule has 0 saturated carbocycles. The summed E-state index contributed by atoms with van der Waals surface area (Å²) in [5, 5.41) is 0. The maximum Gasteiger partial charge on any atom is 0.236 e. The Morgan fingerprint density at radius 1 is 1.39 bits per heavy atom. The molecule has 0 spiro atoms. The molecule has 2 rings (SSSR count). The first-order valence-corrected chi connectivity index (χ1v) is 6.69. The zero-order valence-corrected chi connectivity index (χ0v) is 11.2. The van der Waals surface area contributed by atoms with Crippen molar-refractivity contribution < 1.29 is 4.79 Å². The van der Waals surface area contributed by atoms with Crippen molar-refractivity contribution in [3.05, 3.63) is 35.4 Å². The molecule has 0 unspecified atom stereocenters. The quantitative estimate of drug-likeness (QED) is 0.870. The molecule has 1 amide bonds. The van der Waals surface area contributed by atoms with Crippen LogP contribution in [0, 0.1) is 12.8 Å². The van der Waals surface area contributed by atoms with Crippen molar-refractivity contribution in [2.45, 2.75) is 32.7 Å². The van der Waals surface area contributed by atoms with Gasteiger partial charge in [-0.2, -0.15) is 0 Å². The fourth-order valence-electron chi connectivity index (χ4n) is 2.86. The van der Waals surface area contributed by atoms with Crippen LogP contribution in [0.25, 0.3) is 0 Å². The highest BCUT2D eigenvalue weighted by Gasteiger charge is 2.32. The molecule has 1 heterocycles. The molecule has 1 aromatic rings. The van der Waals surface area contributed by atoms with Gasteiger partial charge in [0, 0.05) is 6.54 Å². The summed E-state index contributed by atoms with van der Waals surface area (Å²) in [4.78, 5) is 13.9. The first kappa shape index (κ1) is 13.1. The summed E-state index contributed by atoms with van der Waals surface area (Å²) in [5.74, 6) is 0.559. The van der Waals surface area contributed by atoms with Crippen molar-refractivity contribution in [2.75, 3.05) is 13.1 Å². The van der Waals surface area contributed by atoms with E-state index >= 15 is 0 Å². The Hall–Kier alpha value is -1.35. The molecule has 0 bridgehead atoms. The van der Waals surface area contributed by atoms with Gasteiger partial charge in [0.2, 0.25) is 5.91 Å². The van der Waals surface area contributed by atoms with Crippen LogP contribution < -0.4 is 5.73 Å². The molecule has 0 aromatic heterocycles. The number of aryl methyl sites for hydroxylation is 1. The van der Waals surface area contributed by atoms with E-state index in [0.29, 0.717) is 5.92 Å². The predicted molar refractivity (Wildman–Crippen MR) is 73.1 cm³/mol. The van der Waals surface area contributed by atoms with Crippen molar-refractivity contribution in [1.29, 1.82) is 0 Å². The third-order valence-electron chi connectivity index (χ3n) is 3.85. The summed E-state index contributed by atoms with van der Waals surface area (Å²) >= 11 is 0. The second-order valence-electron chi connectivity index (χ2n) is 5.27. The largest absolute Gasteiger partial charge is 0.334 e. The van der Waals surface area contributed by atoms with Crippen LogP contribution in [0.15, 0.2) is 24.3 Å². The number of carbonyl (C=O) groups excluding carboxylic acids is 1. The van der Waals surface area contributed by atoms with Gasteiger partial charge in [0.05, 0.1) is 12.6 Å². The van der Waals surface area contributed by atoms with Crippen LogP contribution >= 0.6 is 0 Å². The Morgan fingerprint density at radius 2 is 2.06 bits per heavy atom. The van der Waals surface area contributed by atoms with Gasteiger partial charge < -0.3 is 10.6 Å². The van der Waals surface area contributed by atoms with Crippen LogP contribution in [-0.4, -0.2) is 23.9 Å². The molecule has 0 aliphatic carbocycles. The summed E-state index contributed by atoms with van der Waals surface area (Å²) < 4.78 is 0. The minimum Gasteiger partial charge on any atom is -0.334 e. The number of carbonyl (C=O) groups is 1. The molecule has 1 aliphatic rings. The summed E-state index contributed by atoms with van der Waals surface area (Å²) in [7, 11) is 0. The van der Waals surface area contributed by atoms with E-state index < -0.39 is 0 Å². The van der Waals surface area contributed by atoms with Crippen molar-refractivity contribution in [1.82, 2.24) is 4.90 Å². The Morgan fingerprint density at radius 3 is 2.67 bits per heavy atom. The van der Waals surface area contributed by atoms with E-state index in [1.165, 1.54) is 17.5 Å². The van der Waals surface area contributed by atoms with Gasteiger partial charge in [0.25, 0.3) is 0 Å². The number of likely N-dealkylation sites (tertiary alicyclic amines) is 1. The lowest BCUT2D eigenvalue weighted by atomic mass is 9.85. The van der Waals surface area contributed by atoms with Gasteiger partial charge in [-0.25, -0.2) is 0 Å². The molecule has 1 fully saturated rings. The minimum atomic E-state index is 0.0622. The minimum absolute atomic E-state index is 0.0622. The summed E-state index contributed by atoms with van der Waals surface area (Å²) in [6.07, 6.45) is 2.25. The maximum absolute atomic E-state index is 12.0. The van der Waals surface area contributed by atoms with Gasteiger partial charge in [-0.1, -0.05) is 36.8 Å². The van der Waals surface area contributed by atoms with Crippen molar-refractivity contribution in [3.8, 4) is 0 Å². The predicted octanol–water partition coefficient (Wildman–Crippen LogP) is 2.25. The molecule has 18 heavy (non-hydrogen) atoms. The van der Waals surface area contributed by atoms with E-state index in [0.717, 1.165) is 13.0 Å². The summed E-state index contributed by atoms with van der Waals surface area (Å²) in [5.41, 5.74) is 8.00. The standard InChI is InChI=1S/C15H22N2O/c1-11-5-7-13(8-6-11)15-12(2)4-3-9-17(15)14(18)10-16/h5-8,12,15H,3-4,9-10,16H2,1-2H3/t12-,15+/m0/s1. The molecule has 2 N–H and O–H groups in total. The number of amides is 1. The van der Waals surface area contributed by atoms with Gasteiger partial charge in [0.1, 0.15) is 0 Å². The summed E-state index contributed by atoms with van der Waals surface area (Å²) in [6.45, 7) is 5.24. The van der Waals surface area contributed by atoms with Crippen LogP contribution in [-0.2, 0) is 4.79 Å². The van der Waals surface area contributed by atoms with Gasteiger partial charge in [-0.15, -0.1) is 0 Å². The number of hydrogen-bond acceptors (Lipinski definition) is 2. The highest BCUT2D eigenvalue weighted by atomic mass is 16.2. The topological polar surface area (TPSA) is 46.3 Å². The van der Waals surface area contributed by atoms with E-state index in [1.807, 2.05) is 4.90 Å². The zero-order valence-electron chi connectivity index (χ0n) is 11.2. The number of piperidine rings is 1. The van der Waals surface area contributed by atoms with E-state index in [1.54, 1.807) is 0 Å². The third-order valence-corrected chi connectivity index (χ3v) is 3.85. The lowest BCUT2D eigenvalue weighted by molar-refractivity contribution is -0.135. The van der Waals surface area contributed by atoms with E-state index in [4.69, 9.17) is 5.73 Å². The molecule has 1 aromatic carbocycles. The molecular formula is C15H22N2O.